The molecule has 1 heterocycles. The van der Waals surface area contributed by atoms with Crippen LogP contribution in [-0.2, 0) is 11.3 Å². The van der Waals surface area contributed by atoms with Crippen molar-refractivity contribution in [3.63, 3.8) is 0 Å². The van der Waals surface area contributed by atoms with Crippen molar-refractivity contribution in [3.8, 4) is 6.07 Å². The molecule has 1 aliphatic rings. The van der Waals surface area contributed by atoms with Crippen LogP contribution in [0.2, 0.25) is 5.02 Å². The second-order valence-corrected chi connectivity index (χ2v) is 5.27. The van der Waals surface area contributed by atoms with E-state index in [9.17, 15) is 4.79 Å². The highest BCUT2D eigenvalue weighted by Gasteiger charge is 2.35. The van der Waals surface area contributed by atoms with E-state index < -0.39 is 5.97 Å². The molecule has 2 unspecified atom stereocenters. The van der Waals surface area contributed by atoms with Gasteiger partial charge in [0.05, 0.1) is 17.6 Å². The topological polar surface area (TPSA) is 64.3 Å². The van der Waals surface area contributed by atoms with E-state index in [0.717, 1.165) is 12.1 Å². The molecule has 4 nitrogen and oxygen atoms in total. The number of nitriles is 1. The zero-order valence-corrected chi connectivity index (χ0v) is 11.4. The highest BCUT2D eigenvalue weighted by Crippen LogP contribution is 2.28. The molecular formula is C14H15ClN2O2. The molecule has 0 aromatic heterocycles. The van der Waals surface area contributed by atoms with Gasteiger partial charge in [-0.1, -0.05) is 17.7 Å². The zero-order chi connectivity index (χ0) is 14.0. The Morgan fingerprint density at radius 3 is 2.89 bits per heavy atom. The molecule has 2 rings (SSSR count). The van der Waals surface area contributed by atoms with E-state index in [0.29, 0.717) is 23.6 Å². The molecule has 100 valence electrons. The van der Waals surface area contributed by atoms with Gasteiger partial charge in [-0.25, -0.2) is 0 Å². The molecule has 0 spiro atoms. The predicted octanol–water partition coefficient (Wildman–Crippen LogP) is 2.51. The van der Waals surface area contributed by atoms with Crippen LogP contribution in [0.5, 0.6) is 0 Å². The summed E-state index contributed by atoms with van der Waals surface area (Å²) in [5.74, 6) is -1.04. The number of halogens is 1. The molecular weight excluding hydrogens is 264 g/mol. The van der Waals surface area contributed by atoms with E-state index in [1.165, 1.54) is 0 Å². The minimum atomic E-state index is -0.735. The summed E-state index contributed by atoms with van der Waals surface area (Å²) in [6.45, 7) is 3.31. The van der Waals surface area contributed by atoms with Gasteiger partial charge in [-0.15, -0.1) is 0 Å². The number of hydrogen-bond donors (Lipinski definition) is 1. The molecule has 0 radical (unpaired) electrons. The minimum Gasteiger partial charge on any atom is -0.481 e. The van der Waals surface area contributed by atoms with Crippen LogP contribution in [-0.4, -0.2) is 28.6 Å². The summed E-state index contributed by atoms with van der Waals surface area (Å²) in [5.41, 5.74) is 1.46. The molecule has 1 fully saturated rings. The molecule has 5 heteroatoms. The van der Waals surface area contributed by atoms with Crippen LogP contribution >= 0.6 is 11.6 Å². The van der Waals surface area contributed by atoms with Crippen LogP contribution < -0.4 is 0 Å². The van der Waals surface area contributed by atoms with Crippen LogP contribution in [0.3, 0.4) is 0 Å². The van der Waals surface area contributed by atoms with E-state index in [4.69, 9.17) is 22.0 Å². The highest BCUT2D eigenvalue weighted by atomic mass is 35.5. The molecule has 0 bridgehead atoms. The Hall–Kier alpha value is -1.57. The fourth-order valence-electron chi connectivity index (χ4n) is 2.52. The second-order valence-electron chi connectivity index (χ2n) is 4.86. The van der Waals surface area contributed by atoms with Gasteiger partial charge >= 0.3 is 5.97 Å². The van der Waals surface area contributed by atoms with Gasteiger partial charge in [0.25, 0.3) is 0 Å². The maximum absolute atomic E-state index is 11.1. The lowest BCUT2D eigenvalue weighted by Crippen LogP contribution is -2.32. The van der Waals surface area contributed by atoms with Gasteiger partial charge in [0.15, 0.2) is 0 Å². The third-order valence-electron chi connectivity index (χ3n) is 3.76. The quantitative estimate of drug-likeness (QED) is 0.923. The molecule has 1 N–H and O–H groups in total. The van der Waals surface area contributed by atoms with Crippen LogP contribution in [0.4, 0.5) is 0 Å². The molecule has 19 heavy (non-hydrogen) atoms. The first kappa shape index (κ1) is 13.9. The molecule has 0 amide bonds. The summed E-state index contributed by atoms with van der Waals surface area (Å²) < 4.78 is 0. The van der Waals surface area contributed by atoms with E-state index in [2.05, 4.69) is 4.90 Å². The number of nitrogens with zero attached hydrogens (tertiary/aromatic N) is 2. The Morgan fingerprint density at radius 2 is 2.37 bits per heavy atom. The molecule has 1 saturated heterocycles. The average molecular weight is 279 g/mol. The third kappa shape index (κ3) is 2.89. The van der Waals surface area contributed by atoms with Gasteiger partial charge in [-0.3, -0.25) is 9.69 Å². The SMILES string of the molecule is CC1C(C(=O)O)CCN1Cc1ccc(C#N)cc1Cl. The number of benzene rings is 1. The Bertz CT molecular complexity index is 539. The van der Waals surface area contributed by atoms with E-state index >= 15 is 0 Å². The first-order chi connectivity index (χ1) is 9.02. The third-order valence-corrected chi connectivity index (χ3v) is 4.11. The number of rotatable bonds is 3. The summed E-state index contributed by atoms with van der Waals surface area (Å²) >= 11 is 6.14. The lowest BCUT2D eigenvalue weighted by molar-refractivity contribution is -0.142. The maximum Gasteiger partial charge on any atom is 0.308 e. The Morgan fingerprint density at radius 1 is 1.63 bits per heavy atom. The molecule has 1 aromatic rings. The van der Waals surface area contributed by atoms with Crippen molar-refractivity contribution in [1.29, 1.82) is 5.26 Å². The van der Waals surface area contributed by atoms with Crippen molar-refractivity contribution in [3.05, 3.63) is 34.3 Å². The van der Waals surface area contributed by atoms with Gasteiger partial charge in [0, 0.05) is 17.6 Å². The van der Waals surface area contributed by atoms with Gasteiger partial charge < -0.3 is 5.11 Å². The molecule has 0 aliphatic carbocycles. The number of likely N-dealkylation sites (tertiary alicyclic amines) is 1. The standard InChI is InChI=1S/C14H15ClN2O2/c1-9-12(14(18)19)4-5-17(9)8-11-3-2-10(7-16)6-13(11)15/h2-3,6,9,12H,4-5,8H2,1H3,(H,18,19). The van der Waals surface area contributed by atoms with Crippen LogP contribution in [0, 0.1) is 17.2 Å². The minimum absolute atomic E-state index is 0.00390. The molecule has 1 aromatic carbocycles. The monoisotopic (exact) mass is 278 g/mol. The summed E-state index contributed by atoms with van der Waals surface area (Å²) in [6, 6.07) is 7.26. The maximum atomic E-state index is 11.1. The number of carboxylic acid groups (broad SMARTS) is 1. The Balaban J connectivity index is 2.11. The van der Waals surface area contributed by atoms with E-state index in [1.807, 2.05) is 19.1 Å². The lowest BCUT2D eigenvalue weighted by Gasteiger charge is -2.23. The van der Waals surface area contributed by atoms with Gasteiger partial charge in [-0.2, -0.15) is 5.26 Å². The highest BCUT2D eigenvalue weighted by molar-refractivity contribution is 6.31. The number of carboxylic acids is 1. The number of aliphatic carboxylic acids is 1. The summed E-state index contributed by atoms with van der Waals surface area (Å²) in [4.78, 5) is 13.2. The summed E-state index contributed by atoms with van der Waals surface area (Å²) in [5, 5.41) is 18.5. The summed E-state index contributed by atoms with van der Waals surface area (Å²) in [7, 11) is 0. The van der Waals surface area contributed by atoms with Gasteiger partial charge in [0.1, 0.15) is 0 Å². The van der Waals surface area contributed by atoms with Crippen molar-refractivity contribution >= 4 is 17.6 Å². The van der Waals surface area contributed by atoms with E-state index in [-0.39, 0.29) is 12.0 Å². The lowest BCUT2D eigenvalue weighted by atomic mass is 10.0. The first-order valence-electron chi connectivity index (χ1n) is 6.18. The smallest absolute Gasteiger partial charge is 0.308 e. The van der Waals surface area contributed by atoms with Crippen LogP contribution in [0.25, 0.3) is 0 Å². The Labute approximate surface area is 117 Å². The van der Waals surface area contributed by atoms with Crippen molar-refractivity contribution in [2.24, 2.45) is 5.92 Å². The van der Waals surface area contributed by atoms with Gasteiger partial charge in [-0.05, 0) is 37.6 Å². The molecule has 0 saturated carbocycles. The largest absolute Gasteiger partial charge is 0.481 e. The fraction of sp³-hybridized carbons (Fsp3) is 0.429. The number of carbonyl (C=O) groups is 1. The van der Waals surface area contributed by atoms with Crippen LogP contribution in [0.15, 0.2) is 18.2 Å². The van der Waals surface area contributed by atoms with E-state index in [1.54, 1.807) is 12.1 Å². The van der Waals surface area contributed by atoms with Crippen molar-refractivity contribution in [2.75, 3.05) is 6.54 Å². The molecule has 2 atom stereocenters. The zero-order valence-electron chi connectivity index (χ0n) is 10.6. The normalized spacial score (nSPS) is 23.2. The Kier molecular flexibility index (Phi) is 4.08. The second kappa shape index (κ2) is 5.60. The number of hydrogen-bond acceptors (Lipinski definition) is 3. The van der Waals surface area contributed by atoms with Crippen LogP contribution in [0.1, 0.15) is 24.5 Å². The molecule has 1 aliphatic heterocycles. The first-order valence-corrected chi connectivity index (χ1v) is 6.56. The van der Waals surface area contributed by atoms with Crippen molar-refractivity contribution in [2.45, 2.75) is 25.9 Å². The summed E-state index contributed by atoms with van der Waals surface area (Å²) in [6.07, 6.45) is 0.671. The van der Waals surface area contributed by atoms with Gasteiger partial charge in [0.2, 0.25) is 0 Å². The average Bonchev–Trinajstić information content (AvgIpc) is 2.73. The predicted molar refractivity (Wildman–Crippen MR) is 71.8 cm³/mol. The fourth-order valence-corrected chi connectivity index (χ4v) is 2.76. The van der Waals surface area contributed by atoms with Crippen molar-refractivity contribution in [1.82, 2.24) is 4.90 Å². The van der Waals surface area contributed by atoms with Crippen molar-refractivity contribution < 1.29 is 9.90 Å².